The second kappa shape index (κ2) is 7.67. The second-order valence-corrected chi connectivity index (χ2v) is 5.77. The normalized spacial score (nSPS) is 12.1. The fourth-order valence-corrected chi connectivity index (χ4v) is 2.49. The molecule has 6 heteroatoms. The third-order valence-corrected chi connectivity index (χ3v) is 3.85. The van der Waals surface area contributed by atoms with E-state index in [1.165, 1.54) is 15.8 Å². The number of carbonyl (C=O) groups is 2. The van der Waals surface area contributed by atoms with Gasteiger partial charge in [0.05, 0.1) is 5.92 Å². The van der Waals surface area contributed by atoms with Crippen LogP contribution in [0.4, 0.5) is 4.79 Å². The lowest BCUT2D eigenvalue weighted by Crippen LogP contribution is -2.41. The number of aryl methyl sites for hydroxylation is 1. The molecule has 1 aromatic carbocycles. The van der Waals surface area contributed by atoms with Crippen molar-refractivity contribution < 1.29 is 14.7 Å². The highest BCUT2D eigenvalue weighted by Gasteiger charge is 2.16. The van der Waals surface area contributed by atoms with Crippen LogP contribution in [0.1, 0.15) is 13.3 Å². The van der Waals surface area contributed by atoms with Gasteiger partial charge in [-0.1, -0.05) is 25.1 Å². The van der Waals surface area contributed by atoms with Crippen LogP contribution in [0.25, 0.3) is 10.9 Å². The number of nitrogens with one attached hydrogen (secondary N) is 1. The number of hydrogen-bond donors (Lipinski definition) is 2. The van der Waals surface area contributed by atoms with Crippen LogP contribution in [0.3, 0.4) is 0 Å². The monoisotopic (exact) mass is 317 g/mol. The van der Waals surface area contributed by atoms with Crippen LogP contribution >= 0.6 is 0 Å². The number of carboxylic acid groups (broad SMARTS) is 1. The number of benzene rings is 1. The predicted octanol–water partition coefficient (Wildman–Crippen LogP) is 2.39. The SMILES string of the molecule is CC(CN(C)C(=O)NCCCn1ccc2ccccc21)C(=O)O. The molecule has 0 bridgehead atoms. The van der Waals surface area contributed by atoms with Crippen LogP contribution in [-0.4, -0.2) is 46.7 Å². The summed E-state index contributed by atoms with van der Waals surface area (Å²) in [6, 6.07) is 10.0. The molecule has 0 aliphatic carbocycles. The first-order valence-electron chi connectivity index (χ1n) is 7.74. The summed E-state index contributed by atoms with van der Waals surface area (Å²) in [7, 11) is 1.61. The Morgan fingerprint density at radius 3 is 2.78 bits per heavy atom. The number of carbonyl (C=O) groups excluding carboxylic acids is 1. The lowest BCUT2D eigenvalue weighted by atomic mass is 10.2. The molecule has 2 amide bonds. The lowest BCUT2D eigenvalue weighted by Gasteiger charge is -2.20. The lowest BCUT2D eigenvalue weighted by molar-refractivity contribution is -0.141. The van der Waals surface area contributed by atoms with Crippen molar-refractivity contribution in [3.05, 3.63) is 36.5 Å². The van der Waals surface area contributed by atoms with Gasteiger partial charge < -0.3 is 19.9 Å². The number of aliphatic carboxylic acids is 1. The highest BCUT2D eigenvalue weighted by Crippen LogP contribution is 2.15. The van der Waals surface area contributed by atoms with Gasteiger partial charge in [-0.25, -0.2) is 4.79 Å². The predicted molar refractivity (Wildman–Crippen MR) is 89.4 cm³/mol. The number of aromatic nitrogens is 1. The van der Waals surface area contributed by atoms with Gasteiger partial charge in [-0.3, -0.25) is 4.79 Å². The van der Waals surface area contributed by atoms with E-state index in [0.717, 1.165) is 13.0 Å². The molecule has 0 saturated carbocycles. The van der Waals surface area contributed by atoms with Crippen LogP contribution in [0.15, 0.2) is 36.5 Å². The third kappa shape index (κ3) is 4.48. The Morgan fingerprint density at radius 2 is 2.04 bits per heavy atom. The Balaban J connectivity index is 1.74. The highest BCUT2D eigenvalue weighted by atomic mass is 16.4. The van der Waals surface area contributed by atoms with Crippen molar-refractivity contribution in [3.8, 4) is 0 Å². The van der Waals surface area contributed by atoms with Gasteiger partial charge in [-0.05, 0) is 23.9 Å². The number of nitrogens with zero attached hydrogens (tertiary/aromatic N) is 2. The topological polar surface area (TPSA) is 74.6 Å². The van der Waals surface area contributed by atoms with Crippen LogP contribution in [0.2, 0.25) is 0 Å². The molecule has 0 aliphatic rings. The largest absolute Gasteiger partial charge is 0.481 e. The average molecular weight is 317 g/mol. The number of amides is 2. The van der Waals surface area contributed by atoms with E-state index in [9.17, 15) is 9.59 Å². The Kier molecular flexibility index (Phi) is 5.62. The fourth-order valence-electron chi connectivity index (χ4n) is 2.49. The molecule has 0 fully saturated rings. The van der Waals surface area contributed by atoms with Gasteiger partial charge in [-0.2, -0.15) is 0 Å². The smallest absolute Gasteiger partial charge is 0.317 e. The Bertz CT molecular complexity index is 681. The summed E-state index contributed by atoms with van der Waals surface area (Å²) >= 11 is 0. The summed E-state index contributed by atoms with van der Waals surface area (Å²) in [5.41, 5.74) is 1.19. The number of hydrogen-bond acceptors (Lipinski definition) is 2. The van der Waals surface area contributed by atoms with Crippen molar-refractivity contribution in [2.45, 2.75) is 19.9 Å². The van der Waals surface area contributed by atoms with E-state index in [1.807, 2.05) is 18.3 Å². The minimum atomic E-state index is -0.899. The molecule has 2 N–H and O–H groups in total. The molecule has 124 valence electrons. The van der Waals surface area contributed by atoms with Crippen LogP contribution in [-0.2, 0) is 11.3 Å². The maximum Gasteiger partial charge on any atom is 0.317 e. The summed E-state index contributed by atoms with van der Waals surface area (Å²) in [4.78, 5) is 24.1. The molecule has 6 nitrogen and oxygen atoms in total. The fraction of sp³-hybridized carbons (Fsp3) is 0.412. The molecule has 0 spiro atoms. The maximum atomic E-state index is 11.9. The number of carboxylic acids is 1. The van der Waals surface area contributed by atoms with Gasteiger partial charge in [0, 0.05) is 38.4 Å². The molecule has 2 rings (SSSR count). The Labute approximate surface area is 135 Å². The van der Waals surface area contributed by atoms with E-state index < -0.39 is 11.9 Å². The quantitative estimate of drug-likeness (QED) is 0.770. The summed E-state index contributed by atoms with van der Waals surface area (Å²) < 4.78 is 2.16. The van der Waals surface area contributed by atoms with E-state index in [-0.39, 0.29) is 12.6 Å². The standard InChI is InChI=1S/C17H23N3O3/c1-13(16(21)22)12-19(2)17(23)18-9-5-10-20-11-8-14-6-3-4-7-15(14)20/h3-4,6-8,11,13H,5,9-10,12H2,1-2H3,(H,18,23)(H,21,22). The van der Waals surface area contributed by atoms with Crippen molar-refractivity contribution in [2.75, 3.05) is 20.1 Å². The van der Waals surface area contributed by atoms with Crippen molar-refractivity contribution in [1.29, 1.82) is 0 Å². The molecule has 0 radical (unpaired) electrons. The van der Waals surface area contributed by atoms with Crippen molar-refractivity contribution in [2.24, 2.45) is 5.92 Å². The van der Waals surface area contributed by atoms with E-state index >= 15 is 0 Å². The molecular weight excluding hydrogens is 294 g/mol. The van der Waals surface area contributed by atoms with E-state index in [4.69, 9.17) is 5.11 Å². The zero-order chi connectivity index (χ0) is 16.8. The molecule has 23 heavy (non-hydrogen) atoms. The van der Waals surface area contributed by atoms with E-state index in [0.29, 0.717) is 6.54 Å². The number of para-hydroxylation sites is 1. The molecule has 1 aromatic heterocycles. The average Bonchev–Trinajstić information content (AvgIpc) is 2.94. The first kappa shape index (κ1) is 16.9. The maximum absolute atomic E-state index is 11.9. The molecule has 1 atom stereocenters. The number of urea groups is 1. The van der Waals surface area contributed by atoms with Crippen LogP contribution < -0.4 is 5.32 Å². The molecule has 0 saturated heterocycles. The van der Waals surface area contributed by atoms with Crippen molar-refractivity contribution >= 4 is 22.9 Å². The Hall–Kier alpha value is -2.50. The Morgan fingerprint density at radius 1 is 1.30 bits per heavy atom. The van der Waals surface area contributed by atoms with Crippen LogP contribution in [0, 0.1) is 5.92 Å². The van der Waals surface area contributed by atoms with Crippen LogP contribution in [0.5, 0.6) is 0 Å². The van der Waals surface area contributed by atoms with Gasteiger partial charge in [0.1, 0.15) is 0 Å². The van der Waals surface area contributed by atoms with E-state index in [2.05, 4.69) is 28.1 Å². The molecule has 2 aromatic rings. The third-order valence-electron chi connectivity index (χ3n) is 3.85. The van der Waals surface area contributed by atoms with Gasteiger partial charge in [0.25, 0.3) is 0 Å². The minimum Gasteiger partial charge on any atom is -0.481 e. The summed E-state index contributed by atoms with van der Waals surface area (Å²) in [5.74, 6) is -1.47. The van der Waals surface area contributed by atoms with Gasteiger partial charge in [-0.15, -0.1) is 0 Å². The number of fused-ring (bicyclic) bond motifs is 1. The zero-order valence-corrected chi connectivity index (χ0v) is 13.5. The second-order valence-electron chi connectivity index (χ2n) is 5.77. The van der Waals surface area contributed by atoms with Gasteiger partial charge in [0.2, 0.25) is 0 Å². The van der Waals surface area contributed by atoms with Crippen molar-refractivity contribution in [3.63, 3.8) is 0 Å². The first-order valence-corrected chi connectivity index (χ1v) is 7.74. The molecule has 0 aliphatic heterocycles. The number of rotatable bonds is 7. The van der Waals surface area contributed by atoms with Crippen molar-refractivity contribution in [1.82, 2.24) is 14.8 Å². The summed E-state index contributed by atoms with van der Waals surface area (Å²) in [5, 5.41) is 12.9. The molecule has 1 heterocycles. The minimum absolute atomic E-state index is 0.198. The molecule has 1 unspecified atom stereocenters. The molecular formula is C17H23N3O3. The first-order chi connectivity index (χ1) is 11.0. The van der Waals surface area contributed by atoms with E-state index in [1.54, 1.807) is 14.0 Å². The summed E-state index contributed by atoms with van der Waals surface area (Å²) in [6.45, 7) is 3.16. The highest BCUT2D eigenvalue weighted by molar-refractivity contribution is 5.79. The summed E-state index contributed by atoms with van der Waals surface area (Å²) in [6.07, 6.45) is 2.86. The van der Waals surface area contributed by atoms with Gasteiger partial charge >= 0.3 is 12.0 Å². The van der Waals surface area contributed by atoms with Gasteiger partial charge in [0.15, 0.2) is 0 Å². The zero-order valence-electron chi connectivity index (χ0n) is 13.5.